The SMILES string of the molecule is C[C@H](OCl)C(=O)N1CCCC1. The molecule has 0 bridgehead atoms. The Morgan fingerprint density at radius 2 is 2.09 bits per heavy atom. The zero-order valence-electron chi connectivity index (χ0n) is 6.55. The summed E-state index contributed by atoms with van der Waals surface area (Å²) in [6.07, 6.45) is 1.69. The van der Waals surface area contributed by atoms with Crippen molar-refractivity contribution in [2.24, 2.45) is 0 Å². The van der Waals surface area contributed by atoms with Gasteiger partial charge in [0.05, 0.1) is 11.9 Å². The monoisotopic (exact) mass is 177 g/mol. The van der Waals surface area contributed by atoms with E-state index in [4.69, 9.17) is 11.9 Å². The van der Waals surface area contributed by atoms with E-state index in [9.17, 15) is 4.79 Å². The lowest BCUT2D eigenvalue weighted by atomic mass is 10.3. The van der Waals surface area contributed by atoms with E-state index in [1.807, 2.05) is 0 Å². The van der Waals surface area contributed by atoms with Crippen molar-refractivity contribution in [3.63, 3.8) is 0 Å². The Morgan fingerprint density at radius 3 is 2.55 bits per heavy atom. The summed E-state index contributed by atoms with van der Waals surface area (Å²) >= 11 is 5.08. The van der Waals surface area contributed by atoms with Gasteiger partial charge in [0.2, 0.25) is 0 Å². The fraction of sp³-hybridized carbons (Fsp3) is 0.857. The molecule has 1 atom stereocenters. The zero-order valence-corrected chi connectivity index (χ0v) is 7.30. The third-order valence-electron chi connectivity index (χ3n) is 1.90. The van der Waals surface area contributed by atoms with Crippen molar-refractivity contribution in [2.75, 3.05) is 13.1 Å². The van der Waals surface area contributed by atoms with E-state index in [-0.39, 0.29) is 5.91 Å². The van der Waals surface area contributed by atoms with E-state index in [1.165, 1.54) is 0 Å². The highest BCUT2D eigenvalue weighted by Crippen LogP contribution is 2.10. The molecule has 1 heterocycles. The molecule has 11 heavy (non-hydrogen) atoms. The largest absolute Gasteiger partial charge is 0.340 e. The van der Waals surface area contributed by atoms with Gasteiger partial charge in [-0.15, -0.1) is 0 Å². The van der Waals surface area contributed by atoms with Gasteiger partial charge in [-0.1, -0.05) is 0 Å². The molecule has 3 nitrogen and oxygen atoms in total. The van der Waals surface area contributed by atoms with Gasteiger partial charge in [0.15, 0.2) is 6.10 Å². The second-order valence-corrected chi connectivity index (χ2v) is 2.94. The predicted octanol–water partition coefficient (Wildman–Crippen LogP) is 1.17. The van der Waals surface area contributed by atoms with E-state index in [0.717, 1.165) is 25.9 Å². The average Bonchev–Trinajstić information content (AvgIpc) is 2.53. The number of hydrogen-bond donors (Lipinski definition) is 0. The molecule has 0 aromatic heterocycles. The van der Waals surface area contributed by atoms with Gasteiger partial charge in [-0.3, -0.25) is 9.08 Å². The number of carbonyl (C=O) groups excluding carboxylic acids is 1. The molecular formula is C7H12ClNO2. The molecule has 0 aromatic rings. The highest BCUT2D eigenvalue weighted by Gasteiger charge is 2.23. The summed E-state index contributed by atoms with van der Waals surface area (Å²) in [7, 11) is 0. The number of nitrogens with zero attached hydrogens (tertiary/aromatic N) is 1. The van der Waals surface area contributed by atoms with Crippen molar-refractivity contribution in [1.29, 1.82) is 0 Å². The average molecular weight is 178 g/mol. The maximum atomic E-state index is 11.3. The summed E-state index contributed by atoms with van der Waals surface area (Å²) < 4.78 is 4.41. The maximum Gasteiger partial charge on any atom is 0.253 e. The van der Waals surface area contributed by atoms with Crippen LogP contribution in [0.2, 0.25) is 0 Å². The summed E-state index contributed by atoms with van der Waals surface area (Å²) in [4.78, 5) is 13.1. The van der Waals surface area contributed by atoms with Crippen molar-refractivity contribution in [3.8, 4) is 0 Å². The first-order valence-corrected chi connectivity index (χ1v) is 4.12. The van der Waals surface area contributed by atoms with E-state index in [1.54, 1.807) is 11.8 Å². The van der Waals surface area contributed by atoms with Crippen LogP contribution in [0.25, 0.3) is 0 Å². The lowest BCUT2D eigenvalue weighted by Crippen LogP contribution is -2.35. The molecule has 0 radical (unpaired) electrons. The number of rotatable bonds is 2. The van der Waals surface area contributed by atoms with Crippen LogP contribution in [0.1, 0.15) is 19.8 Å². The number of halogens is 1. The van der Waals surface area contributed by atoms with Gasteiger partial charge in [-0.2, -0.15) is 0 Å². The number of carbonyl (C=O) groups is 1. The van der Waals surface area contributed by atoms with Gasteiger partial charge in [-0.25, -0.2) is 0 Å². The van der Waals surface area contributed by atoms with E-state index < -0.39 is 6.10 Å². The quantitative estimate of drug-likeness (QED) is 0.634. The summed E-state index contributed by atoms with van der Waals surface area (Å²) in [6, 6.07) is 0. The molecule has 1 aliphatic rings. The molecule has 0 saturated carbocycles. The Bertz CT molecular complexity index is 145. The lowest BCUT2D eigenvalue weighted by molar-refractivity contribution is -0.136. The molecule has 0 spiro atoms. The Morgan fingerprint density at radius 1 is 1.55 bits per heavy atom. The zero-order chi connectivity index (χ0) is 8.27. The second kappa shape index (κ2) is 3.93. The van der Waals surface area contributed by atoms with E-state index in [0.29, 0.717) is 0 Å². The van der Waals surface area contributed by atoms with Crippen LogP contribution in [-0.2, 0) is 9.08 Å². The van der Waals surface area contributed by atoms with Crippen LogP contribution >= 0.6 is 11.9 Å². The molecule has 1 amide bonds. The summed E-state index contributed by atoms with van der Waals surface area (Å²) in [5, 5.41) is 0. The lowest BCUT2D eigenvalue weighted by Gasteiger charge is -2.17. The highest BCUT2D eigenvalue weighted by atomic mass is 35.5. The molecule has 1 rings (SSSR count). The van der Waals surface area contributed by atoms with Crippen LogP contribution in [0.4, 0.5) is 0 Å². The highest BCUT2D eigenvalue weighted by molar-refractivity contribution is 6.08. The van der Waals surface area contributed by atoms with Gasteiger partial charge in [0.25, 0.3) is 5.91 Å². The first-order valence-electron chi connectivity index (χ1n) is 3.82. The summed E-state index contributed by atoms with van der Waals surface area (Å²) in [5.41, 5.74) is 0. The second-order valence-electron chi connectivity index (χ2n) is 2.76. The topological polar surface area (TPSA) is 29.5 Å². The van der Waals surface area contributed by atoms with Gasteiger partial charge < -0.3 is 4.90 Å². The Hall–Kier alpha value is -0.280. The van der Waals surface area contributed by atoms with Crippen LogP contribution in [0, 0.1) is 0 Å². The van der Waals surface area contributed by atoms with Gasteiger partial charge in [0, 0.05) is 13.1 Å². The number of amides is 1. The van der Waals surface area contributed by atoms with Crippen LogP contribution < -0.4 is 0 Å². The minimum absolute atomic E-state index is 0.00231. The van der Waals surface area contributed by atoms with E-state index in [2.05, 4.69) is 4.29 Å². The fourth-order valence-electron chi connectivity index (χ4n) is 1.23. The normalized spacial score (nSPS) is 20.4. The van der Waals surface area contributed by atoms with Crippen molar-refractivity contribution >= 4 is 17.8 Å². The third kappa shape index (κ3) is 2.07. The Kier molecular flexibility index (Phi) is 3.15. The molecule has 1 saturated heterocycles. The van der Waals surface area contributed by atoms with Crippen LogP contribution in [0.15, 0.2) is 0 Å². The first kappa shape index (κ1) is 8.81. The molecule has 0 N–H and O–H groups in total. The van der Waals surface area contributed by atoms with Gasteiger partial charge in [0.1, 0.15) is 0 Å². The molecule has 4 heteroatoms. The molecule has 0 unspecified atom stereocenters. The van der Waals surface area contributed by atoms with Crippen LogP contribution in [-0.4, -0.2) is 30.0 Å². The molecule has 1 fully saturated rings. The predicted molar refractivity (Wildman–Crippen MR) is 42.2 cm³/mol. The van der Waals surface area contributed by atoms with Crippen molar-refractivity contribution < 1.29 is 9.08 Å². The minimum atomic E-state index is -0.505. The van der Waals surface area contributed by atoms with Gasteiger partial charge >= 0.3 is 0 Å². The third-order valence-corrected chi connectivity index (χ3v) is 2.17. The van der Waals surface area contributed by atoms with Gasteiger partial charge in [-0.05, 0) is 19.8 Å². The first-order chi connectivity index (χ1) is 5.25. The summed E-state index contributed by atoms with van der Waals surface area (Å²) in [5.74, 6) is -0.00231. The van der Waals surface area contributed by atoms with Crippen molar-refractivity contribution in [2.45, 2.75) is 25.9 Å². The van der Waals surface area contributed by atoms with E-state index >= 15 is 0 Å². The fourth-order valence-corrected chi connectivity index (χ4v) is 1.31. The van der Waals surface area contributed by atoms with Crippen molar-refractivity contribution in [1.82, 2.24) is 4.90 Å². The smallest absolute Gasteiger partial charge is 0.253 e. The van der Waals surface area contributed by atoms with Crippen LogP contribution in [0.3, 0.4) is 0 Å². The molecule has 0 aliphatic carbocycles. The Labute approximate surface area is 71.4 Å². The summed E-state index contributed by atoms with van der Waals surface area (Å²) in [6.45, 7) is 3.36. The molecule has 0 aromatic carbocycles. The van der Waals surface area contributed by atoms with Crippen LogP contribution in [0.5, 0.6) is 0 Å². The minimum Gasteiger partial charge on any atom is -0.340 e. The molecule has 1 aliphatic heterocycles. The Balaban J connectivity index is 2.39. The standard InChI is InChI=1S/C7H12ClNO2/c1-6(11-8)7(10)9-4-2-3-5-9/h6H,2-5H2,1H3/t6-/m0/s1. The maximum absolute atomic E-state index is 11.3. The van der Waals surface area contributed by atoms with Crippen molar-refractivity contribution in [3.05, 3.63) is 0 Å². The number of hydrogen-bond acceptors (Lipinski definition) is 2. The number of likely N-dealkylation sites (tertiary alicyclic amines) is 1. The molecule has 64 valence electrons. The molecular weight excluding hydrogens is 166 g/mol.